The third-order valence-corrected chi connectivity index (χ3v) is 6.07. The molecule has 2 aliphatic heterocycles. The first-order valence-electron chi connectivity index (χ1n) is 8.24. The number of urea groups is 1. The molecule has 0 spiro atoms. The molecule has 1 aromatic carbocycles. The number of ether oxygens (including phenoxy) is 1. The van der Waals surface area contributed by atoms with Crippen molar-refractivity contribution in [2.75, 3.05) is 12.0 Å². The molecule has 3 heterocycles. The lowest BCUT2D eigenvalue weighted by Crippen LogP contribution is -2.60. The van der Waals surface area contributed by atoms with Gasteiger partial charge in [-0.25, -0.2) is 14.1 Å². The number of nitrogens with one attached hydrogen (secondary N) is 1. The van der Waals surface area contributed by atoms with Crippen molar-refractivity contribution in [1.29, 1.82) is 0 Å². The van der Waals surface area contributed by atoms with Gasteiger partial charge in [-0.1, -0.05) is 11.6 Å². The van der Waals surface area contributed by atoms with Crippen LogP contribution in [-0.2, 0) is 4.79 Å². The Morgan fingerprint density at radius 1 is 1.32 bits per heavy atom. The number of anilines is 1. The Kier molecular flexibility index (Phi) is 4.72. The SMILES string of the molecule is COc1cc(C2=CC3NC(=O)N(c4cnnc(C)c4)C(=O)C3S2)c(Cl)cc1F. The van der Waals surface area contributed by atoms with Gasteiger partial charge in [0.2, 0.25) is 0 Å². The largest absolute Gasteiger partial charge is 0.494 e. The number of methoxy groups -OCH3 is 1. The van der Waals surface area contributed by atoms with E-state index in [0.717, 1.165) is 11.0 Å². The van der Waals surface area contributed by atoms with Crippen LogP contribution in [0.4, 0.5) is 14.9 Å². The molecule has 3 amide bonds. The number of thioether (sulfide) groups is 1. The van der Waals surface area contributed by atoms with Gasteiger partial charge in [0.25, 0.3) is 5.91 Å². The van der Waals surface area contributed by atoms with Crippen LogP contribution in [0.15, 0.2) is 30.5 Å². The number of hydrogen-bond acceptors (Lipinski definition) is 6. The Morgan fingerprint density at radius 2 is 2.11 bits per heavy atom. The highest BCUT2D eigenvalue weighted by Crippen LogP contribution is 2.45. The van der Waals surface area contributed by atoms with Gasteiger partial charge in [-0.2, -0.15) is 10.2 Å². The minimum absolute atomic E-state index is 0.0473. The van der Waals surface area contributed by atoms with Gasteiger partial charge in [-0.15, -0.1) is 11.8 Å². The Morgan fingerprint density at radius 3 is 2.82 bits per heavy atom. The third-order valence-electron chi connectivity index (χ3n) is 4.40. The smallest absolute Gasteiger partial charge is 0.329 e. The zero-order valence-corrected chi connectivity index (χ0v) is 16.3. The van der Waals surface area contributed by atoms with Crippen LogP contribution in [0.2, 0.25) is 5.02 Å². The molecule has 2 unspecified atom stereocenters. The van der Waals surface area contributed by atoms with E-state index >= 15 is 0 Å². The number of carbonyl (C=O) groups is 2. The molecule has 2 aromatic rings. The average Bonchev–Trinajstić information content (AvgIpc) is 3.06. The van der Waals surface area contributed by atoms with E-state index in [1.54, 1.807) is 19.1 Å². The molecule has 7 nitrogen and oxygen atoms in total. The minimum atomic E-state index is -0.576. The van der Waals surface area contributed by atoms with Crippen LogP contribution < -0.4 is 15.0 Å². The molecule has 10 heteroatoms. The highest BCUT2D eigenvalue weighted by Gasteiger charge is 2.45. The normalized spacial score (nSPS) is 21.3. The molecule has 1 fully saturated rings. The van der Waals surface area contributed by atoms with Crippen LogP contribution in [0.1, 0.15) is 11.3 Å². The van der Waals surface area contributed by atoms with Gasteiger partial charge >= 0.3 is 6.03 Å². The third kappa shape index (κ3) is 3.10. The first kappa shape index (κ1) is 18.7. The molecule has 0 saturated carbocycles. The van der Waals surface area contributed by atoms with E-state index < -0.39 is 23.1 Å². The standard InChI is InChI=1S/C18H14ClFN4O3S/c1-8-3-9(7-21-23-8)24-17(25)16-13(22-18(24)26)6-15(28-16)10-4-14(27-2)12(20)5-11(10)19/h3-7,13,16H,1-2H3,(H,22,26). The monoisotopic (exact) mass is 420 g/mol. The van der Waals surface area contributed by atoms with Crippen LogP contribution in [0.5, 0.6) is 5.75 Å². The summed E-state index contributed by atoms with van der Waals surface area (Å²) in [6, 6.07) is 3.21. The fourth-order valence-electron chi connectivity index (χ4n) is 3.11. The maximum Gasteiger partial charge on any atom is 0.329 e. The second-order valence-electron chi connectivity index (χ2n) is 6.24. The molecule has 0 aliphatic carbocycles. The summed E-state index contributed by atoms with van der Waals surface area (Å²) in [6.45, 7) is 1.72. The van der Waals surface area contributed by atoms with Crippen molar-refractivity contribution in [1.82, 2.24) is 15.5 Å². The molecule has 28 heavy (non-hydrogen) atoms. The van der Waals surface area contributed by atoms with Crippen molar-refractivity contribution in [3.05, 3.63) is 52.6 Å². The Bertz CT molecular complexity index is 1030. The first-order chi connectivity index (χ1) is 13.4. The molecule has 2 atom stereocenters. The molecule has 2 aliphatic rings. The number of amides is 3. The number of rotatable bonds is 3. The van der Waals surface area contributed by atoms with Crippen molar-refractivity contribution in [3.8, 4) is 5.75 Å². The van der Waals surface area contributed by atoms with Crippen LogP contribution in [0.3, 0.4) is 0 Å². The van der Waals surface area contributed by atoms with Gasteiger partial charge < -0.3 is 10.1 Å². The molecule has 4 rings (SSSR count). The van der Waals surface area contributed by atoms with Crippen molar-refractivity contribution in [3.63, 3.8) is 0 Å². The average molecular weight is 421 g/mol. The van der Waals surface area contributed by atoms with Crippen molar-refractivity contribution in [2.45, 2.75) is 18.2 Å². The maximum absolute atomic E-state index is 13.8. The van der Waals surface area contributed by atoms with Gasteiger partial charge in [0.1, 0.15) is 5.25 Å². The predicted molar refractivity (Wildman–Crippen MR) is 104 cm³/mol. The first-order valence-corrected chi connectivity index (χ1v) is 9.50. The molecule has 1 aromatic heterocycles. The number of fused-ring (bicyclic) bond motifs is 1. The van der Waals surface area contributed by atoms with E-state index in [1.165, 1.54) is 31.1 Å². The van der Waals surface area contributed by atoms with E-state index in [1.807, 2.05) is 0 Å². The summed E-state index contributed by atoms with van der Waals surface area (Å²) in [4.78, 5) is 27.3. The number of benzene rings is 1. The zero-order chi connectivity index (χ0) is 20.0. The fourth-order valence-corrected chi connectivity index (χ4v) is 4.71. The summed E-state index contributed by atoms with van der Waals surface area (Å²) in [6.07, 6.45) is 3.11. The Balaban J connectivity index is 1.66. The second kappa shape index (κ2) is 7.06. The lowest BCUT2D eigenvalue weighted by Gasteiger charge is -2.32. The molecular weight excluding hydrogens is 407 g/mol. The summed E-state index contributed by atoms with van der Waals surface area (Å²) < 4.78 is 18.8. The zero-order valence-electron chi connectivity index (χ0n) is 14.8. The molecule has 1 saturated heterocycles. The van der Waals surface area contributed by atoms with E-state index in [0.29, 0.717) is 21.8 Å². The van der Waals surface area contributed by atoms with Crippen LogP contribution in [0, 0.1) is 12.7 Å². The highest BCUT2D eigenvalue weighted by atomic mass is 35.5. The van der Waals surface area contributed by atoms with Gasteiger partial charge in [0, 0.05) is 10.5 Å². The summed E-state index contributed by atoms with van der Waals surface area (Å²) in [7, 11) is 1.36. The Hall–Kier alpha value is -2.65. The number of aromatic nitrogens is 2. The van der Waals surface area contributed by atoms with Crippen molar-refractivity contribution >= 4 is 45.9 Å². The lowest BCUT2D eigenvalue weighted by molar-refractivity contribution is -0.118. The molecule has 0 bridgehead atoms. The summed E-state index contributed by atoms with van der Waals surface area (Å²) >= 11 is 7.45. The Labute approximate surface area is 168 Å². The van der Waals surface area contributed by atoms with Crippen LogP contribution >= 0.6 is 23.4 Å². The molecule has 0 radical (unpaired) electrons. The van der Waals surface area contributed by atoms with E-state index in [-0.39, 0.29) is 16.7 Å². The lowest BCUT2D eigenvalue weighted by atomic mass is 10.1. The highest BCUT2D eigenvalue weighted by molar-refractivity contribution is 8.09. The predicted octanol–water partition coefficient (Wildman–Crippen LogP) is 3.17. The summed E-state index contributed by atoms with van der Waals surface area (Å²) in [5.74, 6) is -0.901. The summed E-state index contributed by atoms with van der Waals surface area (Å²) in [5.41, 5.74) is 1.47. The van der Waals surface area contributed by atoms with Crippen molar-refractivity contribution < 1.29 is 18.7 Å². The number of carbonyl (C=O) groups excluding carboxylic acids is 2. The van der Waals surface area contributed by atoms with Gasteiger partial charge in [0.05, 0.1) is 35.8 Å². The van der Waals surface area contributed by atoms with Gasteiger partial charge in [-0.05, 0) is 31.2 Å². The molecule has 1 N–H and O–H groups in total. The quantitative estimate of drug-likeness (QED) is 0.821. The fraction of sp³-hybridized carbons (Fsp3) is 0.222. The van der Waals surface area contributed by atoms with Gasteiger partial charge in [0.15, 0.2) is 11.6 Å². The van der Waals surface area contributed by atoms with Crippen LogP contribution in [-0.4, -0.2) is 40.5 Å². The molecular formula is C18H14ClFN4O3S. The number of imide groups is 1. The van der Waals surface area contributed by atoms with Crippen molar-refractivity contribution in [2.24, 2.45) is 0 Å². The van der Waals surface area contributed by atoms with Gasteiger partial charge in [-0.3, -0.25) is 4.79 Å². The number of nitrogens with zero attached hydrogens (tertiary/aromatic N) is 3. The number of aryl methyl sites for hydroxylation is 1. The molecule has 144 valence electrons. The number of hydrogen-bond donors (Lipinski definition) is 1. The number of halogens is 2. The maximum atomic E-state index is 13.8. The minimum Gasteiger partial charge on any atom is -0.494 e. The topological polar surface area (TPSA) is 84.4 Å². The van der Waals surface area contributed by atoms with E-state index in [9.17, 15) is 14.0 Å². The van der Waals surface area contributed by atoms with Crippen LogP contribution in [0.25, 0.3) is 4.91 Å². The second-order valence-corrected chi connectivity index (χ2v) is 7.83. The summed E-state index contributed by atoms with van der Waals surface area (Å²) in [5, 5.41) is 10.1. The van der Waals surface area contributed by atoms with E-state index in [4.69, 9.17) is 16.3 Å². The van der Waals surface area contributed by atoms with E-state index in [2.05, 4.69) is 15.5 Å².